The van der Waals surface area contributed by atoms with Crippen LogP contribution in [0.1, 0.15) is 17.0 Å². The monoisotopic (exact) mass is 270 g/mol. The predicted molar refractivity (Wildman–Crippen MR) is 81.1 cm³/mol. The molecule has 0 saturated carbocycles. The minimum Gasteiger partial charge on any atom is -0.379 e. The number of aryl methyl sites for hydroxylation is 1. The molecule has 6 heteroatoms. The molecule has 0 amide bonds. The highest BCUT2D eigenvalue weighted by molar-refractivity contribution is 5.81. The summed E-state index contributed by atoms with van der Waals surface area (Å²) in [5, 5.41) is 13.5. The molecule has 2 rings (SSSR count). The zero-order valence-electron chi connectivity index (χ0n) is 11.4. The van der Waals surface area contributed by atoms with E-state index in [2.05, 4.69) is 27.5 Å². The van der Waals surface area contributed by atoms with Gasteiger partial charge >= 0.3 is 0 Å². The molecule has 5 N–H and O–H groups in total. The van der Waals surface area contributed by atoms with Crippen molar-refractivity contribution in [2.75, 3.05) is 17.3 Å². The molecule has 0 aliphatic carbocycles. The van der Waals surface area contributed by atoms with Crippen LogP contribution in [0.2, 0.25) is 0 Å². The number of nitrogens with one attached hydrogen (secondary N) is 3. The van der Waals surface area contributed by atoms with Crippen LogP contribution in [0.4, 0.5) is 11.5 Å². The third-order valence-corrected chi connectivity index (χ3v) is 2.78. The van der Waals surface area contributed by atoms with Gasteiger partial charge in [-0.1, -0.05) is 17.7 Å². The summed E-state index contributed by atoms with van der Waals surface area (Å²) in [6, 6.07) is 8.13. The van der Waals surface area contributed by atoms with Crippen molar-refractivity contribution in [2.45, 2.75) is 13.5 Å². The average molecular weight is 270 g/mol. The number of aromatic nitrogens is 2. The molecule has 2 aromatic rings. The molecule has 104 valence electrons. The van der Waals surface area contributed by atoms with E-state index < -0.39 is 0 Å². The van der Waals surface area contributed by atoms with Crippen molar-refractivity contribution in [1.82, 2.24) is 9.97 Å². The second-order valence-electron chi connectivity index (χ2n) is 4.34. The highest BCUT2D eigenvalue weighted by Gasteiger charge is 2.04. The molecular weight excluding hydrogens is 252 g/mol. The van der Waals surface area contributed by atoms with Crippen molar-refractivity contribution in [3.05, 3.63) is 47.4 Å². The average Bonchev–Trinajstić information content (AvgIpc) is 2.48. The topological polar surface area (TPSA) is 99.7 Å². The van der Waals surface area contributed by atoms with Gasteiger partial charge in [-0.15, -0.1) is 0 Å². The molecule has 0 aliphatic heterocycles. The van der Waals surface area contributed by atoms with E-state index in [4.69, 9.17) is 11.1 Å². The van der Waals surface area contributed by atoms with Crippen LogP contribution in [0.25, 0.3) is 0 Å². The molecule has 0 radical (unpaired) electrons. The number of rotatable bonds is 6. The third kappa shape index (κ3) is 3.52. The van der Waals surface area contributed by atoms with E-state index in [0.29, 0.717) is 18.1 Å². The molecule has 0 spiro atoms. The summed E-state index contributed by atoms with van der Waals surface area (Å²) in [7, 11) is 0. The summed E-state index contributed by atoms with van der Waals surface area (Å²) in [6.07, 6.45) is 2.84. The standard InChI is InChI=1S/C14H18N6/c1-10-2-4-11(5-3-10)17-7-12-8-18-14(19-9-16)13(6-15)20-12/h2-6,8,15,17H,7,9,16H2,1H3,(H,18,19). The van der Waals surface area contributed by atoms with Crippen molar-refractivity contribution in [3.8, 4) is 0 Å². The number of anilines is 2. The summed E-state index contributed by atoms with van der Waals surface area (Å²) in [5.74, 6) is 0.529. The lowest BCUT2D eigenvalue weighted by Gasteiger charge is -2.09. The van der Waals surface area contributed by atoms with Gasteiger partial charge in [-0.05, 0) is 19.1 Å². The lowest BCUT2D eigenvalue weighted by Crippen LogP contribution is -2.15. The molecule has 0 unspecified atom stereocenters. The fourth-order valence-corrected chi connectivity index (χ4v) is 1.72. The van der Waals surface area contributed by atoms with Crippen LogP contribution >= 0.6 is 0 Å². The van der Waals surface area contributed by atoms with Crippen LogP contribution in [0.5, 0.6) is 0 Å². The first-order valence-electron chi connectivity index (χ1n) is 6.34. The molecule has 20 heavy (non-hydrogen) atoms. The van der Waals surface area contributed by atoms with Crippen molar-refractivity contribution < 1.29 is 0 Å². The maximum absolute atomic E-state index is 7.35. The van der Waals surface area contributed by atoms with Crippen LogP contribution in [0.3, 0.4) is 0 Å². The van der Waals surface area contributed by atoms with E-state index in [1.54, 1.807) is 6.20 Å². The SMILES string of the molecule is Cc1ccc(NCc2cnc(NCN)c(C=N)n2)cc1. The smallest absolute Gasteiger partial charge is 0.154 e. The van der Waals surface area contributed by atoms with Crippen LogP contribution in [-0.2, 0) is 6.54 Å². The maximum Gasteiger partial charge on any atom is 0.154 e. The fourth-order valence-electron chi connectivity index (χ4n) is 1.72. The molecule has 0 fully saturated rings. The summed E-state index contributed by atoms with van der Waals surface area (Å²) in [5.41, 5.74) is 8.90. The highest BCUT2D eigenvalue weighted by atomic mass is 15.1. The highest BCUT2D eigenvalue weighted by Crippen LogP contribution is 2.11. The van der Waals surface area contributed by atoms with Crippen molar-refractivity contribution >= 4 is 17.7 Å². The zero-order chi connectivity index (χ0) is 14.4. The number of hydrogen-bond acceptors (Lipinski definition) is 6. The van der Waals surface area contributed by atoms with Gasteiger partial charge in [-0.3, -0.25) is 0 Å². The quantitative estimate of drug-likeness (QED) is 0.473. The molecule has 1 aromatic carbocycles. The second kappa shape index (κ2) is 6.63. The van der Waals surface area contributed by atoms with Gasteiger partial charge in [0.2, 0.25) is 0 Å². The molecule has 0 saturated heterocycles. The van der Waals surface area contributed by atoms with E-state index in [9.17, 15) is 0 Å². The first-order valence-corrected chi connectivity index (χ1v) is 6.34. The van der Waals surface area contributed by atoms with Crippen LogP contribution in [-0.4, -0.2) is 22.9 Å². The molecule has 1 aromatic heterocycles. The van der Waals surface area contributed by atoms with Gasteiger partial charge in [0.1, 0.15) is 5.69 Å². The Bertz CT molecular complexity index is 579. The van der Waals surface area contributed by atoms with Gasteiger partial charge in [0.05, 0.1) is 25.1 Å². The lowest BCUT2D eigenvalue weighted by atomic mass is 10.2. The third-order valence-electron chi connectivity index (χ3n) is 2.78. The fraction of sp³-hybridized carbons (Fsp3) is 0.214. The van der Waals surface area contributed by atoms with Gasteiger partial charge in [0.25, 0.3) is 0 Å². The Morgan fingerprint density at radius 1 is 1.25 bits per heavy atom. The Balaban J connectivity index is 2.06. The number of benzene rings is 1. The number of nitrogens with zero attached hydrogens (tertiary/aromatic N) is 2. The van der Waals surface area contributed by atoms with Crippen LogP contribution in [0, 0.1) is 12.3 Å². The Morgan fingerprint density at radius 2 is 2.00 bits per heavy atom. The molecule has 0 atom stereocenters. The summed E-state index contributed by atoms with van der Waals surface area (Å²) >= 11 is 0. The first kappa shape index (κ1) is 14.0. The zero-order valence-corrected chi connectivity index (χ0v) is 11.4. The molecule has 1 heterocycles. The molecular formula is C14H18N6. The second-order valence-corrected chi connectivity index (χ2v) is 4.34. The van der Waals surface area contributed by atoms with Gasteiger partial charge in [-0.2, -0.15) is 0 Å². The van der Waals surface area contributed by atoms with Crippen LogP contribution < -0.4 is 16.4 Å². The van der Waals surface area contributed by atoms with E-state index in [1.807, 2.05) is 24.3 Å². The van der Waals surface area contributed by atoms with E-state index in [0.717, 1.165) is 11.4 Å². The maximum atomic E-state index is 7.35. The lowest BCUT2D eigenvalue weighted by molar-refractivity contribution is 0.989. The van der Waals surface area contributed by atoms with Gasteiger partial charge in [0, 0.05) is 11.9 Å². The van der Waals surface area contributed by atoms with E-state index >= 15 is 0 Å². The molecule has 0 aliphatic rings. The van der Waals surface area contributed by atoms with Crippen molar-refractivity contribution in [3.63, 3.8) is 0 Å². The van der Waals surface area contributed by atoms with Gasteiger partial charge in [-0.25, -0.2) is 9.97 Å². The largest absolute Gasteiger partial charge is 0.379 e. The predicted octanol–water partition coefficient (Wildman–Crippen LogP) is 1.72. The molecule has 6 nitrogen and oxygen atoms in total. The summed E-state index contributed by atoms with van der Waals surface area (Å²) < 4.78 is 0. The Morgan fingerprint density at radius 3 is 2.65 bits per heavy atom. The Hall–Kier alpha value is -2.47. The normalized spacial score (nSPS) is 10.1. The van der Waals surface area contributed by atoms with Crippen molar-refractivity contribution in [2.24, 2.45) is 5.73 Å². The number of nitrogens with two attached hydrogens (primary N) is 1. The minimum atomic E-state index is 0.260. The van der Waals surface area contributed by atoms with Crippen molar-refractivity contribution in [1.29, 1.82) is 5.41 Å². The van der Waals surface area contributed by atoms with Gasteiger partial charge in [0.15, 0.2) is 5.82 Å². The minimum absolute atomic E-state index is 0.260. The van der Waals surface area contributed by atoms with Gasteiger partial charge < -0.3 is 21.8 Å². The summed E-state index contributed by atoms with van der Waals surface area (Å²) in [4.78, 5) is 8.58. The number of hydrogen-bond donors (Lipinski definition) is 4. The molecule has 0 bridgehead atoms. The van der Waals surface area contributed by atoms with E-state index in [-0.39, 0.29) is 6.67 Å². The van der Waals surface area contributed by atoms with E-state index in [1.165, 1.54) is 11.8 Å². The Kier molecular flexibility index (Phi) is 4.62. The first-order chi connectivity index (χ1) is 9.72. The van der Waals surface area contributed by atoms with Crippen LogP contribution in [0.15, 0.2) is 30.5 Å². The Labute approximate surface area is 118 Å². The summed E-state index contributed by atoms with van der Waals surface area (Å²) in [6.45, 7) is 2.87.